The number of nitrogens with one attached hydrogen (secondary N) is 2. The van der Waals surface area contributed by atoms with Crippen molar-refractivity contribution in [1.29, 1.82) is 0 Å². The molecule has 4 aliphatic carbocycles. The maximum Gasteiger partial charge on any atom is 0.0584 e. The summed E-state index contributed by atoms with van der Waals surface area (Å²) in [5.74, 6) is 2.84. The fraction of sp³-hybridized carbons (Fsp3) is 0.714. The zero-order valence-electron chi connectivity index (χ0n) is 15.0. The smallest absolute Gasteiger partial charge is 0.0584 e. The van der Waals surface area contributed by atoms with Gasteiger partial charge in [0.2, 0.25) is 0 Å². The summed E-state index contributed by atoms with van der Waals surface area (Å²) in [6.45, 7) is 2.26. The standard InChI is InChI=1S/C21H30N2O2/c24-12-20(13-25-14-20)11-22-18-3-1-2-4-19(18)23-21-8-15-5-16(9-21)7-17(6-15)10-21/h1-4,15-17,22-24H,5-14H2. The molecule has 0 aromatic heterocycles. The van der Waals surface area contributed by atoms with Gasteiger partial charge in [-0.15, -0.1) is 0 Å². The summed E-state index contributed by atoms with van der Waals surface area (Å²) in [5.41, 5.74) is 2.62. The third kappa shape index (κ3) is 2.83. The minimum atomic E-state index is -0.103. The van der Waals surface area contributed by atoms with Crippen molar-refractivity contribution >= 4 is 11.4 Å². The van der Waals surface area contributed by atoms with Gasteiger partial charge in [0.15, 0.2) is 0 Å². The minimum Gasteiger partial charge on any atom is -0.396 e. The van der Waals surface area contributed by atoms with Gasteiger partial charge in [0.25, 0.3) is 0 Å². The van der Waals surface area contributed by atoms with E-state index in [2.05, 4.69) is 34.9 Å². The van der Waals surface area contributed by atoms with E-state index in [0.29, 0.717) is 18.8 Å². The topological polar surface area (TPSA) is 53.5 Å². The molecule has 4 saturated carbocycles. The fourth-order valence-corrected chi connectivity index (χ4v) is 6.22. The summed E-state index contributed by atoms with van der Waals surface area (Å²) in [7, 11) is 0. The predicted molar refractivity (Wildman–Crippen MR) is 99.8 cm³/mol. The molecular weight excluding hydrogens is 312 g/mol. The van der Waals surface area contributed by atoms with E-state index in [1.165, 1.54) is 44.2 Å². The SMILES string of the molecule is OCC1(CNc2ccccc2NC23CC4CC(CC(C4)C2)C3)COC1. The van der Waals surface area contributed by atoms with Crippen molar-refractivity contribution in [2.24, 2.45) is 23.2 Å². The molecule has 5 aliphatic rings. The second kappa shape index (κ2) is 5.88. The average molecular weight is 342 g/mol. The van der Waals surface area contributed by atoms with Crippen LogP contribution in [0.15, 0.2) is 24.3 Å². The van der Waals surface area contributed by atoms with E-state index in [4.69, 9.17) is 4.74 Å². The second-order valence-electron chi connectivity index (χ2n) is 9.37. The van der Waals surface area contributed by atoms with Crippen LogP contribution in [0.5, 0.6) is 0 Å². The molecule has 4 heteroatoms. The maximum absolute atomic E-state index is 9.66. The molecule has 3 N–H and O–H groups in total. The highest BCUT2D eigenvalue weighted by atomic mass is 16.5. The van der Waals surface area contributed by atoms with Crippen molar-refractivity contribution < 1.29 is 9.84 Å². The van der Waals surface area contributed by atoms with Gasteiger partial charge in [-0.25, -0.2) is 0 Å². The largest absolute Gasteiger partial charge is 0.396 e. The van der Waals surface area contributed by atoms with Crippen LogP contribution in [-0.2, 0) is 4.74 Å². The highest BCUT2D eigenvalue weighted by molar-refractivity contribution is 5.69. The number of aliphatic hydroxyl groups excluding tert-OH is 1. The Morgan fingerprint density at radius 3 is 2.08 bits per heavy atom. The third-order valence-corrected chi connectivity index (χ3v) is 7.17. The maximum atomic E-state index is 9.66. The molecule has 1 heterocycles. The number of benzene rings is 1. The van der Waals surface area contributed by atoms with Crippen molar-refractivity contribution in [3.05, 3.63) is 24.3 Å². The van der Waals surface area contributed by atoms with E-state index < -0.39 is 0 Å². The Bertz CT molecular complexity index is 600. The van der Waals surface area contributed by atoms with Gasteiger partial charge in [0, 0.05) is 12.1 Å². The monoisotopic (exact) mass is 342 g/mol. The highest BCUT2D eigenvalue weighted by Gasteiger charge is 2.51. The zero-order valence-corrected chi connectivity index (χ0v) is 15.0. The third-order valence-electron chi connectivity index (χ3n) is 7.17. The fourth-order valence-electron chi connectivity index (χ4n) is 6.22. The molecule has 1 aromatic carbocycles. The Morgan fingerprint density at radius 2 is 1.56 bits per heavy atom. The van der Waals surface area contributed by atoms with Crippen LogP contribution >= 0.6 is 0 Å². The molecule has 0 atom stereocenters. The molecule has 0 amide bonds. The van der Waals surface area contributed by atoms with Gasteiger partial charge in [-0.1, -0.05) is 12.1 Å². The van der Waals surface area contributed by atoms with E-state index in [1.807, 2.05) is 0 Å². The lowest BCUT2D eigenvalue weighted by Crippen LogP contribution is -2.55. The molecule has 4 nitrogen and oxygen atoms in total. The molecule has 6 rings (SSSR count). The van der Waals surface area contributed by atoms with Crippen LogP contribution in [0.1, 0.15) is 38.5 Å². The van der Waals surface area contributed by atoms with E-state index in [1.54, 1.807) is 0 Å². The van der Waals surface area contributed by atoms with Crippen molar-refractivity contribution in [1.82, 2.24) is 0 Å². The van der Waals surface area contributed by atoms with E-state index in [0.717, 1.165) is 30.0 Å². The molecule has 0 unspecified atom stereocenters. The summed E-state index contributed by atoms with van der Waals surface area (Å²) in [6, 6.07) is 8.59. The Balaban J connectivity index is 1.33. The molecule has 5 fully saturated rings. The Hall–Kier alpha value is -1.26. The van der Waals surface area contributed by atoms with E-state index in [9.17, 15) is 5.11 Å². The van der Waals surface area contributed by atoms with Crippen molar-refractivity contribution in [3.8, 4) is 0 Å². The number of para-hydroxylation sites is 2. The molecule has 0 radical (unpaired) electrons. The number of ether oxygens (including phenoxy) is 1. The number of hydrogen-bond acceptors (Lipinski definition) is 4. The quantitative estimate of drug-likeness (QED) is 0.741. The summed E-state index contributed by atoms with van der Waals surface area (Å²) in [5, 5.41) is 17.2. The number of anilines is 2. The Morgan fingerprint density at radius 1 is 0.960 bits per heavy atom. The van der Waals surface area contributed by atoms with Gasteiger partial charge >= 0.3 is 0 Å². The minimum absolute atomic E-state index is 0.103. The molecule has 1 saturated heterocycles. The molecule has 1 aromatic rings. The van der Waals surface area contributed by atoms with Crippen molar-refractivity contribution in [2.45, 2.75) is 44.1 Å². The lowest BCUT2D eigenvalue weighted by atomic mass is 9.53. The highest BCUT2D eigenvalue weighted by Crippen LogP contribution is 2.56. The summed E-state index contributed by atoms with van der Waals surface area (Å²) in [6.07, 6.45) is 8.46. The van der Waals surface area contributed by atoms with Gasteiger partial charge in [-0.05, 0) is 68.4 Å². The molecule has 0 spiro atoms. The van der Waals surface area contributed by atoms with Crippen LogP contribution in [0.3, 0.4) is 0 Å². The first-order chi connectivity index (χ1) is 12.2. The zero-order chi connectivity index (χ0) is 16.9. The first kappa shape index (κ1) is 16.0. The van der Waals surface area contributed by atoms with E-state index >= 15 is 0 Å². The molecule has 136 valence electrons. The van der Waals surface area contributed by atoms with Gasteiger partial charge in [0.05, 0.1) is 36.6 Å². The summed E-state index contributed by atoms with van der Waals surface area (Å²) in [4.78, 5) is 0. The molecular formula is C21H30N2O2. The number of aliphatic hydroxyl groups is 1. The van der Waals surface area contributed by atoms with Crippen molar-refractivity contribution in [3.63, 3.8) is 0 Å². The summed E-state index contributed by atoms with van der Waals surface area (Å²) < 4.78 is 5.32. The van der Waals surface area contributed by atoms with E-state index in [-0.39, 0.29) is 12.0 Å². The van der Waals surface area contributed by atoms with Crippen molar-refractivity contribution in [2.75, 3.05) is 37.0 Å². The Labute approximate surface area is 150 Å². The first-order valence-electron chi connectivity index (χ1n) is 9.97. The molecule has 4 bridgehead atoms. The number of rotatable bonds is 6. The lowest BCUT2D eigenvalue weighted by molar-refractivity contribution is -0.128. The normalized spacial score (nSPS) is 37.6. The second-order valence-corrected chi connectivity index (χ2v) is 9.37. The van der Waals surface area contributed by atoms with Crippen LogP contribution in [-0.4, -0.2) is 37.0 Å². The average Bonchev–Trinajstić information content (AvgIpc) is 2.54. The van der Waals surface area contributed by atoms with Gasteiger partial charge in [-0.3, -0.25) is 0 Å². The van der Waals surface area contributed by atoms with Crippen LogP contribution < -0.4 is 10.6 Å². The van der Waals surface area contributed by atoms with Gasteiger partial charge < -0.3 is 20.5 Å². The van der Waals surface area contributed by atoms with Crippen LogP contribution in [0.4, 0.5) is 11.4 Å². The number of hydrogen-bond donors (Lipinski definition) is 3. The van der Waals surface area contributed by atoms with Crippen LogP contribution in [0, 0.1) is 23.2 Å². The first-order valence-corrected chi connectivity index (χ1v) is 9.97. The van der Waals surface area contributed by atoms with Gasteiger partial charge in [-0.2, -0.15) is 0 Å². The Kier molecular flexibility index (Phi) is 3.75. The molecule has 25 heavy (non-hydrogen) atoms. The van der Waals surface area contributed by atoms with Crippen LogP contribution in [0.2, 0.25) is 0 Å². The van der Waals surface area contributed by atoms with Crippen LogP contribution in [0.25, 0.3) is 0 Å². The molecule has 1 aliphatic heterocycles. The van der Waals surface area contributed by atoms with Gasteiger partial charge in [0.1, 0.15) is 0 Å². The lowest BCUT2D eigenvalue weighted by Gasteiger charge is -2.57. The summed E-state index contributed by atoms with van der Waals surface area (Å²) >= 11 is 0. The predicted octanol–water partition coefficient (Wildman–Crippen LogP) is 3.49.